The van der Waals surface area contributed by atoms with Gasteiger partial charge in [0.05, 0.1) is 17.7 Å². The number of rotatable bonds is 13. The van der Waals surface area contributed by atoms with Gasteiger partial charge in [0.15, 0.2) is 0 Å². The van der Waals surface area contributed by atoms with Crippen molar-refractivity contribution in [3.05, 3.63) is 125 Å². The van der Waals surface area contributed by atoms with E-state index in [9.17, 15) is 18.0 Å². The first kappa shape index (κ1) is 31.6. The minimum Gasteiger partial charge on any atom is -0.497 e. The van der Waals surface area contributed by atoms with Crippen LogP contribution in [0.2, 0.25) is 5.02 Å². The van der Waals surface area contributed by atoms with E-state index in [1.54, 1.807) is 67.6 Å². The summed E-state index contributed by atoms with van der Waals surface area (Å²) in [7, 11) is -2.71. The number of sulfonamides is 1. The van der Waals surface area contributed by atoms with Crippen molar-refractivity contribution in [2.75, 3.05) is 24.5 Å². The number of methoxy groups -OCH3 is 1. The van der Waals surface area contributed by atoms with E-state index in [1.165, 1.54) is 24.1 Å². The molecule has 0 unspecified atom stereocenters. The fourth-order valence-corrected chi connectivity index (χ4v) is 6.33. The minimum atomic E-state index is -4.19. The summed E-state index contributed by atoms with van der Waals surface area (Å²) in [5.41, 5.74) is 1.79. The van der Waals surface area contributed by atoms with Crippen molar-refractivity contribution in [2.24, 2.45) is 0 Å². The number of carbonyl (C=O) groups excluding carboxylic acids is 2. The Labute approximate surface area is 257 Å². The van der Waals surface area contributed by atoms with E-state index >= 15 is 0 Å². The van der Waals surface area contributed by atoms with E-state index in [2.05, 4.69) is 5.32 Å². The van der Waals surface area contributed by atoms with E-state index in [1.807, 2.05) is 36.4 Å². The molecule has 0 aliphatic rings. The third-order valence-electron chi connectivity index (χ3n) is 6.82. The Balaban J connectivity index is 1.80. The van der Waals surface area contributed by atoms with Gasteiger partial charge in [0.1, 0.15) is 18.3 Å². The number of ether oxygens (including phenoxy) is 1. The highest BCUT2D eigenvalue weighted by molar-refractivity contribution is 7.92. The van der Waals surface area contributed by atoms with Gasteiger partial charge in [-0.05, 0) is 54.4 Å². The summed E-state index contributed by atoms with van der Waals surface area (Å²) in [6.07, 6.45) is 0.226. The number of halogens is 1. The van der Waals surface area contributed by atoms with Crippen LogP contribution in [-0.2, 0) is 32.6 Å². The number of amides is 2. The van der Waals surface area contributed by atoms with Crippen molar-refractivity contribution in [3.8, 4) is 5.75 Å². The topological polar surface area (TPSA) is 96.0 Å². The van der Waals surface area contributed by atoms with Gasteiger partial charge in [-0.2, -0.15) is 0 Å². The second-order valence-corrected chi connectivity index (χ2v) is 12.1. The molecule has 224 valence electrons. The largest absolute Gasteiger partial charge is 0.497 e. The highest BCUT2D eigenvalue weighted by Gasteiger charge is 2.34. The molecule has 0 aromatic heterocycles. The van der Waals surface area contributed by atoms with Crippen LogP contribution in [-0.4, -0.2) is 51.4 Å². The number of nitrogens with one attached hydrogen (secondary N) is 1. The van der Waals surface area contributed by atoms with E-state index in [0.29, 0.717) is 22.9 Å². The first-order chi connectivity index (χ1) is 20.7. The molecular weight excluding hydrogens is 586 g/mol. The van der Waals surface area contributed by atoms with Gasteiger partial charge < -0.3 is 15.0 Å². The predicted octanol–water partition coefficient (Wildman–Crippen LogP) is 5.32. The Bertz CT molecular complexity index is 1630. The highest BCUT2D eigenvalue weighted by Crippen LogP contribution is 2.28. The van der Waals surface area contributed by atoms with E-state index in [0.717, 1.165) is 9.87 Å². The zero-order chi connectivity index (χ0) is 30.8. The van der Waals surface area contributed by atoms with Gasteiger partial charge in [-0.25, -0.2) is 8.42 Å². The first-order valence-corrected chi connectivity index (χ1v) is 15.6. The van der Waals surface area contributed by atoms with Gasteiger partial charge in [0.25, 0.3) is 10.0 Å². The number of likely N-dealkylation sites (N-methyl/N-ethyl adjacent to an activating group) is 1. The normalized spacial score (nSPS) is 11.8. The summed E-state index contributed by atoms with van der Waals surface area (Å²) < 4.78 is 34.4. The van der Waals surface area contributed by atoms with Gasteiger partial charge in [0.2, 0.25) is 11.8 Å². The molecule has 1 atom stereocenters. The summed E-state index contributed by atoms with van der Waals surface area (Å²) in [5, 5.41) is 3.33. The maximum Gasteiger partial charge on any atom is 0.264 e. The van der Waals surface area contributed by atoms with Crippen molar-refractivity contribution < 1.29 is 22.7 Å². The second-order valence-electron chi connectivity index (χ2n) is 9.78. The second kappa shape index (κ2) is 14.7. The summed E-state index contributed by atoms with van der Waals surface area (Å²) >= 11 is 6.27. The molecule has 0 aliphatic heterocycles. The van der Waals surface area contributed by atoms with E-state index < -0.39 is 28.5 Å². The molecule has 0 aliphatic carbocycles. The summed E-state index contributed by atoms with van der Waals surface area (Å²) in [6, 6.07) is 29.9. The maximum absolute atomic E-state index is 14.4. The van der Waals surface area contributed by atoms with Gasteiger partial charge >= 0.3 is 0 Å². The van der Waals surface area contributed by atoms with Gasteiger partial charge in [-0.3, -0.25) is 13.9 Å². The number of hydrogen-bond acceptors (Lipinski definition) is 5. The molecule has 4 aromatic carbocycles. The van der Waals surface area contributed by atoms with Crippen LogP contribution in [0.1, 0.15) is 18.1 Å². The smallest absolute Gasteiger partial charge is 0.264 e. The quantitative estimate of drug-likeness (QED) is 0.219. The zero-order valence-electron chi connectivity index (χ0n) is 24.0. The van der Waals surface area contributed by atoms with Crippen molar-refractivity contribution in [1.29, 1.82) is 0 Å². The number of anilines is 1. The zero-order valence-corrected chi connectivity index (χ0v) is 25.6. The number of benzene rings is 4. The molecule has 0 radical (unpaired) electrons. The molecule has 0 saturated carbocycles. The van der Waals surface area contributed by atoms with Gasteiger partial charge in [-0.15, -0.1) is 0 Å². The average Bonchev–Trinajstić information content (AvgIpc) is 3.02. The SMILES string of the molecule is CCNC(=O)[C@H](Cc1ccccc1)N(Cc1cccc(Cl)c1)C(=O)CN(c1cccc(OC)c1)S(=O)(=O)c1ccccc1. The summed E-state index contributed by atoms with van der Waals surface area (Å²) in [6.45, 7) is 1.64. The molecule has 0 saturated heterocycles. The first-order valence-electron chi connectivity index (χ1n) is 13.8. The number of carbonyl (C=O) groups is 2. The van der Waals surface area contributed by atoms with Crippen LogP contribution in [0.25, 0.3) is 0 Å². The molecule has 2 amide bonds. The molecule has 43 heavy (non-hydrogen) atoms. The minimum absolute atomic E-state index is 0.0246. The Morgan fingerprint density at radius 3 is 2.16 bits per heavy atom. The monoisotopic (exact) mass is 619 g/mol. The van der Waals surface area contributed by atoms with Crippen LogP contribution in [0.4, 0.5) is 5.69 Å². The maximum atomic E-state index is 14.4. The van der Waals surface area contributed by atoms with Crippen molar-refractivity contribution in [1.82, 2.24) is 10.2 Å². The van der Waals surface area contributed by atoms with Crippen molar-refractivity contribution >= 4 is 39.1 Å². The molecule has 0 heterocycles. The summed E-state index contributed by atoms with van der Waals surface area (Å²) in [4.78, 5) is 29.3. The van der Waals surface area contributed by atoms with Crippen LogP contribution in [0.5, 0.6) is 5.75 Å². The van der Waals surface area contributed by atoms with Crippen molar-refractivity contribution in [3.63, 3.8) is 0 Å². The fraction of sp³-hybridized carbons (Fsp3) is 0.212. The molecule has 4 rings (SSSR count). The average molecular weight is 620 g/mol. The standard InChI is InChI=1S/C33H34ClN3O5S/c1-3-35-33(39)31(21-25-12-6-4-7-13-25)36(23-26-14-10-15-27(34)20-26)32(38)24-37(28-16-11-17-29(22-28)42-2)43(40,41)30-18-8-5-9-19-30/h4-20,22,31H,3,21,23-24H2,1-2H3,(H,35,39)/t31-/m0/s1. The fourth-order valence-electron chi connectivity index (χ4n) is 4.69. The van der Waals surface area contributed by atoms with Crippen molar-refractivity contribution in [2.45, 2.75) is 30.8 Å². The van der Waals surface area contributed by atoms with Crippen LogP contribution in [0, 0.1) is 0 Å². The highest BCUT2D eigenvalue weighted by atomic mass is 35.5. The van der Waals surface area contributed by atoms with Crippen LogP contribution < -0.4 is 14.4 Å². The number of nitrogens with zero attached hydrogens (tertiary/aromatic N) is 2. The molecular formula is C33H34ClN3O5S. The lowest BCUT2D eigenvalue weighted by molar-refractivity contribution is -0.140. The van der Waals surface area contributed by atoms with Gasteiger partial charge in [-0.1, -0.05) is 78.3 Å². The molecule has 1 N–H and O–H groups in total. The third kappa shape index (κ3) is 8.15. The van der Waals surface area contributed by atoms with Crippen LogP contribution in [0.15, 0.2) is 114 Å². The Morgan fingerprint density at radius 2 is 1.51 bits per heavy atom. The Morgan fingerprint density at radius 1 is 0.860 bits per heavy atom. The molecule has 0 fully saturated rings. The lowest BCUT2D eigenvalue weighted by Crippen LogP contribution is -2.53. The molecule has 8 nitrogen and oxygen atoms in total. The summed E-state index contributed by atoms with van der Waals surface area (Å²) in [5.74, 6) is -0.478. The van der Waals surface area contributed by atoms with E-state index in [4.69, 9.17) is 16.3 Å². The van der Waals surface area contributed by atoms with Crippen LogP contribution >= 0.6 is 11.6 Å². The molecule has 4 aromatic rings. The number of hydrogen-bond donors (Lipinski definition) is 1. The predicted molar refractivity (Wildman–Crippen MR) is 169 cm³/mol. The Kier molecular flexibility index (Phi) is 10.8. The Hall–Kier alpha value is -4.34. The molecule has 0 bridgehead atoms. The van der Waals surface area contributed by atoms with Crippen LogP contribution in [0.3, 0.4) is 0 Å². The lowest BCUT2D eigenvalue weighted by atomic mass is 10.0. The van der Waals surface area contributed by atoms with E-state index in [-0.39, 0.29) is 29.5 Å². The lowest BCUT2D eigenvalue weighted by Gasteiger charge is -2.34. The molecule has 10 heteroatoms. The molecule has 0 spiro atoms. The van der Waals surface area contributed by atoms with Gasteiger partial charge in [0, 0.05) is 30.6 Å². The third-order valence-corrected chi connectivity index (χ3v) is 8.84.